The van der Waals surface area contributed by atoms with Crippen molar-refractivity contribution in [3.05, 3.63) is 34.2 Å². The highest BCUT2D eigenvalue weighted by Gasteiger charge is 2.13. The van der Waals surface area contributed by atoms with Crippen LogP contribution in [0.3, 0.4) is 0 Å². The third kappa shape index (κ3) is 4.08. The third-order valence-corrected chi connectivity index (χ3v) is 4.81. The number of nitrogens with one attached hydrogen (secondary N) is 1. The fourth-order valence-corrected chi connectivity index (χ4v) is 3.15. The number of thiazole rings is 1. The van der Waals surface area contributed by atoms with Crippen LogP contribution in [0.15, 0.2) is 23.6 Å². The Morgan fingerprint density at radius 1 is 1.32 bits per heavy atom. The number of hydrogen-bond donors (Lipinski definition) is 1. The van der Waals surface area contributed by atoms with Crippen molar-refractivity contribution in [3.63, 3.8) is 0 Å². The fraction of sp³-hybridized carbons (Fsp3) is 0.500. The van der Waals surface area contributed by atoms with Crippen LogP contribution in [0.2, 0.25) is 0 Å². The van der Waals surface area contributed by atoms with Crippen molar-refractivity contribution in [1.82, 2.24) is 10.3 Å². The molecule has 1 heterocycles. The van der Waals surface area contributed by atoms with Gasteiger partial charge < -0.3 is 10.1 Å². The predicted molar refractivity (Wildman–Crippen MR) is 95.1 cm³/mol. The van der Waals surface area contributed by atoms with Gasteiger partial charge in [0.25, 0.3) is 0 Å². The van der Waals surface area contributed by atoms with Crippen LogP contribution in [0, 0.1) is 0 Å². The summed E-state index contributed by atoms with van der Waals surface area (Å²) in [5, 5.41) is 6.48. The van der Waals surface area contributed by atoms with Crippen LogP contribution in [0.5, 0.6) is 5.75 Å². The number of likely N-dealkylation sites (N-methyl/N-ethyl adjacent to an activating group) is 1. The molecule has 0 fully saturated rings. The van der Waals surface area contributed by atoms with Crippen LogP contribution in [0.4, 0.5) is 0 Å². The van der Waals surface area contributed by atoms with Gasteiger partial charge in [-0.15, -0.1) is 11.3 Å². The zero-order chi connectivity index (χ0) is 15.9. The molecule has 0 aliphatic carbocycles. The summed E-state index contributed by atoms with van der Waals surface area (Å²) < 4.78 is 5.80. The van der Waals surface area contributed by atoms with Gasteiger partial charge in [0.05, 0.1) is 17.3 Å². The molecule has 0 radical (unpaired) electrons. The lowest BCUT2D eigenvalue weighted by atomic mass is 9.96. The van der Waals surface area contributed by atoms with Crippen molar-refractivity contribution < 1.29 is 4.74 Å². The molecular weight excluding hydrogens is 292 g/mol. The summed E-state index contributed by atoms with van der Waals surface area (Å²) >= 11 is 1.72. The Kier molecular flexibility index (Phi) is 6.40. The Balaban J connectivity index is 2.35. The second-order valence-corrected chi connectivity index (χ2v) is 6.42. The van der Waals surface area contributed by atoms with E-state index in [1.807, 2.05) is 14.0 Å². The Morgan fingerprint density at radius 3 is 2.82 bits per heavy atom. The van der Waals surface area contributed by atoms with Crippen molar-refractivity contribution >= 4 is 11.3 Å². The average molecular weight is 318 g/mol. The van der Waals surface area contributed by atoms with Crippen molar-refractivity contribution in [1.29, 1.82) is 0 Å². The summed E-state index contributed by atoms with van der Waals surface area (Å²) in [5.74, 6) is 1.48. The monoisotopic (exact) mass is 318 g/mol. The number of rotatable bonds is 8. The molecule has 1 unspecified atom stereocenters. The molecule has 1 atom stereocenters. The van der Waals surface area contributed by atoms with Crippen LogP contribution < -0.4 is 10.1 Å². The first-order valence-electron chi connectivity index (χ1n) is 8.05. The molecule has 0 saturated carbocycles. The van der Waals surface area contributed by atoms with E-state index < -0.39 is 0 Å². The molecule has 1 aromatic heterocycles. The zero-order valence-corrected chi connectivity index (χ0v) is 14.8. The Morgan fingerprint density at radius 2 is 2.14 bits per heavy atom. The average Bonchev–Trinajstić information content (AvgIpc) is 3.01. The standard InChI is InChI=1S/C18H26N2OS/c1-5-13(3)14-7-8-17(21-6-2)15(11-14)16-12-22-18(20-16)9-10-19-4/h7-8,11-13,19H,5-6,9-10H2,1-4H3. The highest BCUT2D eigenvalue weighted by molar-refractivity contribution is 7.09. The van der Waals surface area contributed by atoms with E-state index in [1.165, 1.54) is 10.6 Å². The number of ether oxygens (including phenoxy) is 1. The van der Waals surface area contributed by atoms with Crippen LogP contribution in [-0.4, -0.2) is 25.2 Å². The van der Waals surface area contributed by atoms with Gasteiger partial charge in [-0.25, -0.2) is 4.98 Å². The number of nitrogens with zero attached hydrogens (tertiary/aromatic N) is 1. The van der Waals surface area contributed by atoms with E-state index in [9.17, 15) is 0 Å². The molecular formula is C18H26N2OS. The molecule has 0 aliphatic rings. The first-order valence-corrected chi connectivity index (χ1v) is 8.93. The number of benzene rings is 1. The van der Waals surface area contributed by atoms with E-state index >= 15 is 0 Å². The fourth-order valence-electron chi connectivity index (χ4n) is 2.35. The Hall–Kier alpha value is -1.39. The quantitative estimate of drug-likeness (QED) is 0.779. The van der Waals surface area contributed by atoms with Gasteiger partial charge in [0.2, 0.25) is 0 Å². The molecule has 0 saturated heterocycles. The minimum atomic E-state index is 0.553. The lowest BCUT2D eigenvalue weighted by Gasteiger charge is -2.14. The maximum Gasteiger partial charge on any atom is 0.128 e. The van der Waals surface area contributed by atoms with E-state index in [4.69, 9.17) is 9.72 Å². The smallest absolute Gasteiger partial charge is 0.128 e. The van der Waals surface area contributed by atoms with Gasteiger partial charge in [-0.2, -0.15) is 0 Å². The molecule has 0 amide bonds. The summed E-state index contributed by atoms with van der Waals surface area (Å²) in [7, 11) is 1.97. The molecule has 120 valence electrons. The lowest BCUT2D eigenvalue weighted by molar-refractivity contribution is 0.341. The highest BCUT2D eigenvalue weighted by Crippen LogP contribution is 2.34. The van der Waals surface area contributed by atoms with Gasteiger partial charge in [-0.3, -0.25) is 0 Å². The van der Waals surface area contributed by atoms with E-state index in [-0.39, 0.29) is 0 Å². The molecule has 22 heavy (non-hydrogen) atoms. The molecule has 2 aromatic rings. The van der Waals surface area contributed by atoms with Gasteiger partial charge in [0.1, 0.15) is 5.75 Å². The summed E-state index contributed by atoms with van der Waals surface area (Å²) in [5.41, 5.74) is 3.50. The van der Waals surface area contributed by atoms with Gasteiger partial charge in [0, 0.05) is 23.9 Å². The topological polar surface area (TPSA) is 34.1 Å². The number of aromatic nitrogens is 1. The molecule has 0 spiro atoms. The lowest BCUT2D eigenvalue weighted by Crippen LogP contribution is -2.09. The van der Waals surface area contributed by atoms with Crippen LogP contribution in [0.1, 0.15) is 43.7 Å². The number of hydrogen-bond acceptors (Lipinski definition) is 4. The Bertz CT molecular complexity index is 595. The van der Waals surface area contributed by atoms with Crippen molar-refractivity contribution in [2.45, 2.75) is 39.5 Å². The molecule has 1 N–H and O–H groups in total. The second-order valence-electron chi connectivity index (χ2n) is 5.48. The molecule has 1 aromatic carbocycles. The zero-order valence-electron chi connectivity index (χ0n) is 14.0. The normalized spacial score (nSPS) is 12.4. The minimum absolute atomic E-state index is 0.553. The van der Waals surface area contributed by atoms with Crippen LogP contribution in [-0.2, 0) is 6.42 Å². The van der Waals surface area contributed by atoms with Crippen LogP contribution in [0.25, 0.3) is 11.3 Å². The maximum atomic E-state index is 5.80. The van der Waals surface area contributed by atoms with E-state index in [0.29, 0.717) is 12.5 Å². The van der Waals surface area contributed by atoms with Gasteiger partial charge >= 0.3 is 0 Å². The SMILES string of the molecule is CCOc1ccc(C(C)CC)cc1-c1csc(CCNC)n1. The van der Waals surface area contributed by atoms with E-state index in [0.717, 1.165) is 36.4 Å². The van der Waals surface area contributed by atoms with Crippen molar-refractivity contribution in [2.75, 3.05) is 20.2 Å². The first-order chi connectivity index (χ1) is 10.7. The molecule has 2 rings (SSSR count). The maximum absolute atomic E-state index is 5.80. The Labute approximate surface area is 137 Å². The van der Waals surface area contributed by atoms with Gasteiger partial charge in [-0.1, -0.05) is 19.9 Å². The van der Waals surface area contributed by atoms with E-state index in [2.05, 4.69) is 42.7 Å². The summed E-state index contributed by atoms with van der Waals surface area (Å²) in [6, 6.07) is 6.51. The minimum Gasteiger partial charge on any atom is -0.493 e. The van der Waals surface area contributed by atoms with Crippen molar-refractivity contribution in [2.24, 2.45) is 0 Å². The summed E-state index contributed by atoms with van der Waals surface area (Å²) in [4.78, 5) is 4.79. The van der Waals surface area contributed by atoms with Crippen LogP contribution >= 0.6 is 11.3 Å². The highest BCUT2D eigenvalue weighted by atomic mass is 32.1. The first kappa shape index (κ1) is 17.0. The second kappa shape index (κ2) is 8.30. The van der Waals surface area contributed by atoms with Crippen molar-refractivity contribution in [3.8, 4) is 17.0 Å². The third-order valence-electron chi connectivity index (χ3n) is 3.90. The summed E-state index contributed by atoms with van der Waals surface area (Å²) in [6.07, 6.45) is 2.11. The summed E-state index contributed by atoms with van der Waals surface area (Å²) in [6.45, 7) is 8.13. The van der Waals surface area contributed by atoms with Gasteiger partial charge in [0.15, 0.2) is 0 Å². The molecule has 4 heteroatoms. The molecule has 0 aliphatic heterocycles. The molecule has 0 bridgehead atoms. The van der Waals surface area contributed by atoms with Gasteiger partial charge in [-0.05, 0) is 44.0 Å². The molecule has 3 nitrogen and oxygen atoms in total. The predicted octanol–water partition coefficient (Wildman–Crippen LogP) is 4.48. The van der Waals surface area contributed by atoms with E-state index in [1.54, 1.807) is 11.3 Å². The largest absolute Gasteiger partial charge is 0.493 e.